The molecule has 0 N–H and O–H groups in total. The van der Waals surface area contributed by atoms with Crippen LogP contribution in [-0.2, 0) is 10.3 Å². The molecule has 5 heteroatoms. The van der Waals surface area contributed by atoms with Gasteiger partial charge in [-0.25, -0.2) is 0 Å². The Bertz CT molecular complexity index is 842. The number of hydrogen-bond donors (Lipinski definition) is 0. The maximum atomic E-state index is 12.7. The molecule has 0 radical (unpaired) electrons. The number of anilines is 1. The third kappa shape index (κ3) is 2.19. The van der Waals surface area contributed by atoms with Crippen molar-refractivity contribution in [1.29, 1.82) is 0 Å². The van der Waals surface area contributed by atoms with Crippen LogP contribution < -0.4 is 4.90 Å². The second-order valence-electron chi connectivity index (χ2n) is 5.91. The minimum Gasteiger partial charge on any atom is -0.298 e. The molecule has 1 aromatic carbocycles. The molecule has 0 atom stereocenters. The van der Waals surface area contributed by atoms with Crippen LogP contribution in [0.4, 0.5) is 5.69 Å². The maximum Gasteiger partial charge on any atom is 0.251 e. The molecule has 22 heavy (non-hydrogen) atoms. The summed E-state index contributed by atoms with van der Waals surface area (Å²) in [6, 6.07) is 6.22. The molecule has 2 heterocycles. The second kappa shape index (κ2) is 5.41. The summed E-state index contributed by atoms with van der Waals surface area (Å²) in [6.07, 6.45) is 3.42. The molecule has 1 aromatic heterocycles. The highest BCUT2D eigenvalue weighted by Crippen LogP contribution is 2.52. The Morgan fingerprint density at radius 2 is 2.05 bits per heavy atom. The lowest BCUT2D eigenvalue weighted by Crippen LogP contribution is -2.47. The summed E-state index contributed by atoms with van der Waals surface area (Å²) in [4.78, 5) is 15.8. The van der Waals surface area contributed by atoms with Gasteiger partial charge in [0, 0.05) is 11.1 Å². The fourth-order valence-corrected chi connectivity index (χ4v) is 6.24. The SMILES string of the molecule is CC=CC(=O)N1c2ccc(C)cc2-c2c(ssc2=S)C1(C)C. The standard InChI is InChI=1S/C17H17NOS3/c1-5-6-13(19)18-12-8-7-10(2)9-11(12)14-15(17(18,3)4)21-22-16(14)20/h5-9H,1-4H3. The first kappa shape index (κ1) is 15.6. The van der Waals surface area contributed by atoms with Crippen LogP contribution in [0.25, 0.3) is 11.1 Å². The van der Waals surface area contributed by atoms with Gasteiger partial charge < -0.3 is 0 Å². The van der Waals surface area contributed by atoms with Crippen LogP contribution in [0.3, 0.4) is 0 Å². The van der Waals surface area contributed by atoms with E-state index in [-0.39, 0.29) is 5.91 Å². The smallest absolute Gasteiger partial charge is 0.251 e. The van der Waals surface area contributed by atoms with Gasteiger partial charge in [0.1, 0.15) is 3.82 Å². The zero-order valence-corrected chi connectivity index (χ0v) is 15.4. The normalized spacial score (nSPS) is 15.7. The van der Waals surface area contributed by atoms with Crippen LogP contribution in [0, 0.1) is 10.7 Å². The molecule has 0 saturated heterocycles. The van der Waals surface area contributed by atoms with Crippen LogP contribution in [0.15, 0.2) is 30.4 Å². The molecule has 2 aromatic rings. The molecule has 0 spiro atoms. The predicted molar refractivity (Wildman–Crippen MR) is 98.5 cm³/mol. The predicted octanol–water partition coefficient (Wildman–Crippen LogP) is 5.67. The summed E-state index contributed by atoms with van der Waals surface area (Å²) in [6.45, 7) is 8.11. The average molecular weight is 348 g/mol. The Kier molecular flexibility index (Phi) is 3.83. The zero-order valence-electron chi connectivity index (χ0n) is 13.0. The summed E-state index contributed by atoms with van der Waals surface area (Å²) in [7, 11) is 3.31. The van der Waals surface area contributed by atoms with E-state index in [1.165, 1.54) is 10.4 Å². The first-order chi connectivity index (χ1) is 10.4. The summed E-state index contributed by atoms with van der Waals surface area (Å²) in [5.74, 6) is 0.00701. The number of benzene rings is 1. The third-order valence-electron chi connectivity index (χ3n) is 3.94. The molecule has 1 aliphatic rings. The third-order valence-corrected chi connectivity index (χ3v) is 7.27. The van der Waals surface area contributed by atoms with E-state index >= 15 is 0 Å². The van der Waals surface area contributed by atoms with E-state index in [0.717, 1.165) is 20.6 Å². The van der Waals surface area contributed by atoms with Gasteiger partial charge in [-0.15, -0.1) is 0 Å². The lowest BCUT2D eigenvalue weighted by molar-refractivity contribution is -0.115. The molecule has 1 amide bonds. The number of nitrogens with zero attached hydrogens (tertiary/aromatic N) is 1. The lowest BCUT2D eigenvalue weighted by atomic mass is 9.86. The van der Waals surface area contributed by atoms with Crippen LogP contribution in [0.2, 0.25) is 0 Å². The van der Waals surface area contributed by atoms with Crippen molar-refractivity contribution < 1.29 is 4.79 Å². The molecule has 0 aliphatic carbocycles. The van der Waals surface area contributed by atoms with Gasteiger partial charge in [0.25, 0.3) is 5.91 Å². The Morgan fingerprint density at radius 1 is 1.32 bits per heavy atom. The Balaban J connectivity index is 2.37. The quantitative estimate of drug-likeness (QED) is 0.376. The first-order valence-corrected chi connectivity index (χ1v) is 9.65. The van der Waals surface area contributed by atoms with E-state index in [1.54, 1.807) is 32.8 Å². The molecule has 2 nitrogen and oxygen atoms in total. The summed E-state index contributed by atoms with van der Waals surface area (Å²) in [5.41, 5.74) is 3.94. The second-order valence-corrected chi connectivity index (χ2v) is 8.73. The largest absolute Gasteiger partial charge is 0.298 e. The summed E-state index contributed by atoms with van der Waals surface area (Å²) < 4.78 is 0.915. The van der Waals surface area contributed by atoms with E-state index in [0.29, 0.717) is 0 Å². The first-order valence-electron chi connectivity index (χ1n) is 7.09. The number of amides is 1. The van der Waals surface area contributed by atoms with Gasteiger partial charge in [-0.2, -0.15) is 0 Å². The van der Waals surface area contributed by atoms with Crippen molar-refractivity contribution in [2.75, 3.05) is 4.90 Å². The van der Waals surface area contributed by atoms with Crippen molar-refractivity contribution in [3.8, 4) is 11.1 Å². The molecule has 0 bridgehead atoms. The van der Waals surface area contributed by atoms with Crippen LogP contribution in [-0.4, -0.2) is 5.91 Å². The van der Waals surface area contributed by atoms with E-state index < -0.39 is 5.54 Å². The van der Waals surface area contributed by atoms with Crippen molar-refractivity contribution in [2.24, 2.45) is 0 Å². The molecular weight excluding hydrogens is 330 g/mol. The highest BCUT2D eigenvalue weighted by molar-refractivity contribution is 7.80. The zero-order chi connectivity index (χ0) is 16.1. The number of allylic oxidation sites excluding steroid dienone is 1. The monoisotopic (exact) mass is 347 g/mol. The molecule has 0 fully saturated rings. The molecule has 0 unspecified atom stereocenters. The topological polar surface area (TPSA) is 20.3 Å². The average Bonchev–Trinajstić information content (AvgIpc) is 2.83. The highest BCUT2D eigenvalue weighted by Gasteiger charge is 2.42. The number of carbonyl (C=O) groups is 1. The van der Waals surface area contributed by atoms with Crippen LogP contribution in [0.5, 0.6) is 0 Å². The molecule has 1 aliphatic heterocycles. The number of aryl methyl sites for hydroxylation is 1. The van der Waals surface area contributed by atoms with E-state index in [4.69, 9.17) is 12.2 Å². The number of carbonyl (C=O) groups excluding carboxylic acids is 1. The van der Waals surface area contributed by atoms with Crippen LogP contribution in [0.1, 0.15) is 31.2 Å². The molecule has 0 saturated carbocycles. The van der Waals surface area contributed by atoms with Gasteiger partial charge in [0.2, 0.25) is 0 Å². The molecular formula is C17H17NOS3. The van der Waals surface area contributed by atoms with E-state index in [9.17, 15) is 4.79 Å². The van der Waals surface area contributed by atoms with Gasteiger partial charge >= 0.3 is 0 Å². The number of rotatable bonds is 1. The van der Waals surface area contributed by atoms with Crippen molar-refractivity contribution in [3.63, 3.8) is 0 Å². The number of fused-ring (bicyclic) bond motifs is 3. The Hall–Kier alpha value is -1.30. The van der Waals surface area contributed by atoms with Gasteiger partial charge in [0.15, 0.2) is 0 Å². The maximum absolute atomic E-state index is 12.7. The van der Waals surface area contributed by atoms with Gasteiger partial charge in [-0.05, 0) is 45.9 Å². The Labute approximate surface area is 143 Å². The molecule has 114 valence electrons. The van der Waals surface area contributed by atoms with Crippen molar-refractivity contribution >= 4 is 44.5 Å². The van der Waals surface area contributed by atoms with Gasteiger partial charge in [-0.1, -0.05) is 50.6 Å². The van der Waals surface area contributed by atoms with Crippen molar-refractivity contribution in [2.45, 2.75) is 33.2 Å². The highest BCUT2D eigenvalue weighted by atomic mass is 32.9. The van der Waals surface area contributed by atoms with Gasteiger partial charge in [-0.3, -0.25) is 9.69 Å². The number of hydrogen-bond acceptors (Lipinski definition) is 4. The Morgan fingerprint density at radius 3 is 2.73 bits per heavy atom. The molecule has 3 rings (SSSR count). The minimum absolute atomic E-state index is 0.00701. The minimum atomic E-state index is -0.396. The fourth-order valence-electron chi connectivity index (χ4n) is 2.95. The van der Waals surface area contributed by atoms with E-state index in [1.807, 2.05) is 17.9 Å². The summed E-state index contributed by atoms with van der Waals surface area (Å²) >= 11 is 5.56. The van der Waals surface area contributed by atoms with Gasteiger partial charge in [0.05, 0.1) is 16.1 Å². The van der Waals surface area contributed by atoms with Crippen molar-refractivity contribution in [3.05, 3.63) is 44.6 Å². The van der Waals surface area contributed by atoms with Crippen molar-refractivity contribution in [1.82, 2.24) is 0 Å². The van der Waals surface area contributed by atoms with E-state index in [2.05, 4.69) is 32.9 Å². The lowest BCUT2D eigenvalue weighted by Gasteiger charge is -2.42. The van der Waals surface area contributed by atoms with Crippen LogP contribution >= 0.6 is 32.9 Å². The fraction of sp³-hybridized carbons (Fsp3) is 0.294. The summed E-state index contributed by atoms with van der Waals surface area (Å²) in [5, 5.41) is 0.